The van der Waals surface area contributed by atoms with Crippen molar-refractivity contribution in [1.82, 2.24) is 10.3 Å². The second-order valence-corrected chi connectivity index (χ2v) is 6.87. The Labute approximate surface area is 148 Å². The Bertz CT molecular complexity index is 807. The van der Waals surface area contributed by atoms with Crippen molar-refractivity contribution in [3.8, 4) is 11.3 Å². The quantitative estimate of drug-likeness (QED) is 0.642. The summed E-state index contributed by atoms with van der Waals surface area (Å²) in [7, 11) is 0. The lowest BCUT2D eigenvalue weighted by molar-refractivity contribution is 0.353. The van der Waals surface area contributed by atoms with Crippen LogP contribution in [0.1, 0.15) is 25.7 Å². The predicted octanol–water partition coefficient (Wildman–Crippen LogP) is 4.69. The molecule has 4 rings (SSSR count). The molecule has 3 heterocycles. The number of furan rings is 1. The van der Waals surface area contributed by atoms with E-state index in [1.54, 1.807) is 12.5 Å². The van der Waals surface area contributed by atoms with Crippen molar-refractivity contribution in [3.05, 3.63) is 48.9 Å². The number of para-hydroxylation sites is 1. The molecule has 4 heteroatoms. The van der Waals surface area contributed by atoms with Crippen molar-refractivity contribution in [2.45, 2.75) is 25.7 Å². The highest BCUT2D eigenvalue weighted by Crippen LogP contribution is 2.28. The van der Waals surface area contributed by atoms with Gasteiger partial charge in [-0.3, -0.25) is 0 Å². The first-order chi connectivity index (χ1) is 12.4. The van der Waals surface area contributed by atoms with Crippen molar-refractivity contribution in [3.63, 3.8) is 0 Å². The maximum atomic E-state index is 5.22. The number of pyridine rings is 1. The maximum absolute atomic E-state index is 5.22. The van der Waals surface area contributed by atoms with E-state index in [1.165, 1.54) is 44.2 Å². The Morgan fingerprint density at radius 2 is 2.20 bits per heavy atom. The molecule has 130 valence electrons. The summed E-state index contributed by atoms with van der Waals surface area (Å²) in [5.41, 5.74) is 4.14. The van der Waals surface area contributed by atoms with Gasteiger partial charge in [0.05, 0.1) is 23.7 Å². The first kappa shape index (κ1) is 16.2. The number of piperidine rings is 1. The molecule has 3 aromatic rings. The van der Waals surface area contributed by atoms with Gasteiger partial charge in [0, 0.05) is 23.2 Å². The van der Waals surface area contributed by atoms with E-state index < -0.39 is 0 Å². The second kappa shape index (κ2) is 7.70. The SMILES string of the molecule is c1ccc2c(NCCCC3CCCNC3)cc(-c3ccoc3)nc2c1. The van der Waals surface area contributed by atoms with Gasteiger partial charge in [-0.2, -0.15) is 0 Å². The zero-order chi connectivity index (χ0) is 16.9. The molecule has 1 saturated heterocycles. The number of fused-ring (bicyclic) bond motifs is 1. The van der Waals surface area contributed by atoms with Crippen LogP contribution in [-0.2, 0) is 0 Å². The highest BCUT2D eigenvalue weighted by molar-refractivity contribution is 5.93. The summed E-state index contributed by atoms with van der Waals surface area (Å²) < 4.78 is 5.22. The topological polar surface area (TPSA) is 50.1 Å². The third-order valence-corrected chi connectivity index (χ3v) is 5.04. The molecule has 1 aromatic carbocycles. The van der Waals surface area contributed by atoms with Crippen molar-refractivity contribution in [2.75, 3.05) is 25.0 Å². The molecule has 25 heavy (non-hydrogen) atoms. The molecule has 4 nitrogen and oxygen atoms in total. The van der Waals surface area contributed by atoms with Gasteiger partial charge in [-0.25, -0.2) is 4.98 Å². The zero-order valence-electron chi connectivity index (χ0n) is 14.5. The summed E-state index contributed by atoms with van der Waals surface area (Å²) in [6, 6.07) is 12.4. The lowest BCUT2D eigenvalue weighted by atomic mass is 9.95. The van der Waals surface area contributed by atoms with Gasteiger partial charge in [0.25, 0.3) is 0 Å². The molecule has 0 aliphatic carbocycles. The van der Waals surface area contributed by atoms with E-state index in [4.69, 9.17) is 9.40 Å². The molecule has 1 fully saturated rings. The fourth-order valence-corrected chi connectivity index (χ4v) is 3.66. The maximum Gasteiger partial charge on any atom is 0.0996 e. The van der Waals surface area contributed by atoms with Crippen LogP contribution < -0.4 is 10.6 Å². The number of hydrogen-bond acceptors (Lipinski definition) is 4. The van der Waals surface area contributed by atoms with Crippen LogP contribution in [0.5, 0.6) is 0 Å². The molecule has 0 bridgehead atoms. The van der Waals surface area contributed by atoms with Gasteiger partial charge in [-0.05, 0) is 62.9 Å². The fourth-order valence-electron chi connectivity index (χ4n) is 3.66. The number of benzene rings is 1. The Hall–Kier alpha value is -2.33. The number of nitrogens with one attached hydrogen (secondary N) is 2. The molecule has 2 aromatic heterocycles. The highest BCUT2D eigenvalue weighted by atomic mass is 16.3. The molecule has 1 atom stereocenters. The van der Waals surface area contributed by atoms with E-state index in [1.807, 2.05) is 12.1 Å². The average Bonchev–Trinajstić information content (AvgIpc) is 3.20. The third kappa shape index (κ3) is 3.85. The lowest BCUT2D eigenvalue weighted by Gasteiger charge is -2.22. The molecule has 1 aliphatic rings. The van der Waals surface area contributed by atoms with Crippen molar-refractivity contribution in [2.24, 2.45) is 5.92 Å². The van der Waals surface area contributed by atoms with E-state index in [-0.39, 0.29) is 0 Å². The molecular formula is C21H25N3O. The van der Waals surface area contributed by atoms with Gasteiger partial charge in [0.1, 0.15) is 0 Å². The lowest BCUT2D eigenvalue weighted by Crippen LogP contribution is -2.29. The number of aromatic nitrogens is 1. The van der Waals surface area contributed by atoms with Crippen LogP contribution in [0.15, 0.2) is 53.3 Å². The Kier molecular flexibility index (Phi) is 4.98. The van der Waals surface area contributed by atoms with E-state index in [0.717, 1.165) is 34.9 Å². The summed E-state index contributed by atoms with van der Waals surface area (Å²) in [5, 5.41) is 8.32. The smallest absolute Gasteiger partial charge is 0.0996 e. The average molecular weight is 335 g/mol. The number of hydrogen-bond donors (Lipinski definition) is 2. The monoisotopic (exact) mass is 335 g/mol. The summed E-state index contributed by atoms with van der Waals surface area (Å²) >= 11 is 0. The normalized spacial score (nSPS) is 17.7. The largest absolute Gasteiger partial charge is 0.472 e. The summed E-state index contributed by atoms with van der Waals surface area (Å²) in [5.74, 6) is 0.839. The van der Waals surface area contributed by atoms with Crippen LogP contribution in [0.4, 0.5) is 5.69 Å². The van der Waals surface area contributed by atoms with E-state index in [0.29, 0.717) is 0 Å². The molecular weight excluding hydrogens is 310 g/mol. The Morgan fingerprint density at radius 1 is 1.24 bits per heavy atom. The number of nitrogens with zero attached hydrogens (tertiary/aromatic N) is 1. The van der Waals surface area contributed by atoms with Crippen LogP contribution in [0.25, 0.3) is 22.2 Å². The molecule has 1 unspecified atom stereocenters. The first-order valence-corrected chi connectivity index (χ1v) is 9.27. The predicted molar refractivity (Wildman–Crippen MR) is 103 cm³/mol. The first-order valence-electron chi connectivity index (χ1n) is 9.27. The fraction of sp³-hybridized carbons (Fsp3) is 0.381. The Balaban J connectivity index is 1.47. The number of anilines is 1. The minimum Gasteiger partial charge on any atom is -0.472 e. The van der Waals surface area contributed by atoms with Gasteiger partial charge < -0.3 is 15.1 Å². The molecule has 0 spiro atoms. The minimum atomic E-state index is 0.839. The molecule has 0 amide bonds. The summed E-state index contributed by atoms with van der Waals surface area (Å²) in [6.07, 6.45) is 8.62. The molecule has 1 aliphatic heterocycles. The van der Waals surface area contributed by atoms with Gasteiger partial charge in [-0.1, -0.05) is 18.2 Å². The molecule has 0 radical (unpaired) electrons. The van der Waals surface area contributed by atoms with E-state index in [9.17, 15) is 0 Å². The summed E-state index contributed by atoms with van der Waals surface area (Å²) in [6.45, 7) is 3.37. The van der Waals surface area contributed by atoms with Crippen LogP contribution >= 0.6 is 0 Å². The van der Waals surface area contributed by atoms with Crippen molar-refractivity contribution < 1.29 is 4.42 Å². The van der Waals surface area contributed by atoms with Gasteiger partial charge in [0.15, 0.2) is 0 Å². The molecule has 2 N–H and O–H groups in total. The van der Waals surface area contributed by atoms with E-state index in [2.05, 4.69) is 34.9 Å². The molecule has 0 saturated carbocycles. The van der Waals surface area contributed by atoms with Gasteiger partial charge in [-0.15, -0.1) is 0 Å². The van der Waals surface area contributed by atoms with Gasteiger partial charge in [0.2, 0.25) is 0 Å². The second-order valence-electron chi connectivity index (χ2n) is 6.87. The third-order valence-electron chi connectivity index (χ3n) is 5.04. The summed E-state index contributed by atoms with van der Waals surface area (Å²) in [4.78, 5) is 4.77. The van der Waals surface area contributed by atoms with Crippen LogP contribution in [0, 0.1) is 5.92 Å². The highest BCUT2D eigenvalue weighted by Gasteiger charge is 2.12. The van der Waals surface area contributed by atoms with Crippen LogP contribution in [0.2, 0.25) is 0 Å². The van der Waals surface area contributed by atoms with Gasteiger partial charge >= 0.3 is 0 Å². The zero-order valence-corrected chi connectivity index (χ0v) is 14.5. The van der Waals surface area contributed by atoms with Crippen molar-refractivity contribution in [1.29, 1.82) is 0 Å². The number of rotatable bonds is 6. The van der Waals surface area contributed by atoms with Crippen LogP contribution in [-0.4, -0.2) is 24.6 Å². The standard InChI is InChI=1S/C21H25N3O/c1-2-8-19-18(7-1)21(13-20(24-19)17-9-12-25-15-17)23-11-4-6-16-5-3-10-22-14-16/h1-2,7-9,12-13,15-16,22H,3-6,10-11,14H2,(H,23,24). The van der Waals surface area contributed by atoms with Crippen molar-refractivity contribution >= 4 is 16.6 Å². The Morgan fingerprint density at radius 3 is 3.04 bits per heavy atom. The minimum absolute atomic E-state index is 0.839. The van der Waals surface area contributed by atoms with E-state index >= 15 is 0 Å². The van der Waals surface area contributed by atoms with Crippen LogP contribution in [0.3, 0.4) is 0 Å².